The molecule has 0 aliphatic heterocycles. The summed E-state index contributed by atoms with van der Waals surface area (Å²) in [4.78, 5) is 11.0. The van der Waals surface area contributed by atoms with Crippen LogP contribution in [0, 0.1) is 0 Å². The predicted octanol–water partition coefficient (Wildman–Crippen LogP) is 3.44. The number of hydrogen-bond donors (Lipinski definition) is 0. The zero-order chi connectivity index (χ0) is 13.0. The zero-order valence-electron chi connectivity index (χ0n) is 9.98. The molecule has 2 aromatic carbocycles. The molecule has 0 saturated heterocycles. The van der Waals surface area contributed by atoms with Crippen LogP contribution in [-0.2, 0) is 9.53 Å². The lowest BCUT2D eigenvalue weighted by Gasteiger charge is -2.09. The summed E-state index contributed by atoms with van der Waals surface area (Å²) in [6.45, 7) is 0.290. The number of carbonyl (C=O) groups excluding carboxylic acids is 1. The van der Waals surface area contributed by atoms with Crippen molar-refractivity contribution in [2.75, 3.05) is 13.7 Å². The Hall–Kier alpha value is -1.74. The molecule has 0 saturated carbocycles. The molecule has 0 aliphatic rings. The van der Waals surface area contributed by atoms with Gasteiger partial charge in [-0.15, -0.1) is 0 Å². The molecule has 0 aliphatic carbocycles. The van der Waals surface area contributed by atoms with Gasteiger partial charge in [-0.2, -0.15) is 0 Å². The van der Waals surface area contributed by atoms with Crippen molar-refractivity contribution in [2.24, 2.45) is 0 Å². The molecule has 0 heterocycles. The van der Waals surface area contributed by atoms with E-state index in [1.54, 1.807) is 6.07 Å². The summed E-state index contributed by atoms with van der Waals surface area (Å²) in [5, 5.41) is 2.57. The van der Waals surface area contributed by atoms with E-state index in [-0.39, 0.29) is 19.0 Å². The molecular formula is C14H13ClO3. The van der Waals surface area contributed by atoms with Gasteiger partial charge in [0.25, 0.3) is 0 Å². The number of carbonyl (C=O) groups is 1. The molecule has 0 fully saturated rings. The molecule has 0 aromatic heterocycles. The van der Waals surface area contributed by atoms with E-state index in [9.17, 15) is 4.79 Å². The van der Waals surface area contributed by atoms with Crippen LogP contribution in [0.1, 0.15) is 6.42 Å². The maximum absolute atomic E-state index is 11.0. The molecule has 0 amide bonds. The van der Waals surface area contributed by atoms with Gasteiger partial charge in [-0.1, -0.05) is 35.9 Å². The van der Waals surface area contributed by atoms with Crippen LogP contribution in [0.5, 0.6) is 5.75 Å². The lowest BCUT2D eigenvalue weighted by Crippen LogP contribution is -2.07. The zero-order valence-corrected chi connectivity index (χ0v) is 10.7. The van der Waals surface area contributed by atoms with Crippen LogP contribution < -0.4 is 4.74 Å². The van der Waals surface area contributed by atoms with E-state index in [1.807, 2.05) is 30.3 Å². The highest BCUT2D eigenvalue weighted by molar-refractivity contribution is 6.35. The highest BCUT2D eigenvalue weighted by Crippen LogP contribution is 2.31. The highest BCUT2D eigenvalue weighted by Gasteiger charge is 2.06. The first kappa shape index (κ1) is 12.7. The second-order valence-corrected chi connectivity index (χ2v) is 4.17. The number of halogens is 1. The summed E-state index contributed by atoms with van der Waals surface area (Å²) in [7, 11) is 1.36. The van der Waals surface area contributed by atoms with Gasteiger partial charge in [0.15, 0.2) is 0 Å². The van der Waals surface area contributed by atoms with E-state index in [1.165, 1.54) is 7.11 Å². The summed E-state index contributed by atoms with van der Waals surface area (Å²) >= 11 is 6.11. The van der Waals surface area contributed by atoms with E-state index >= 15 is 0 Å². The second-order valence-electron chi connectivity index (χ2n) is 3.77. The third-order valence-electron chi connectivity index (χ3n) is 2.62. The Balaban J connectivity index is 2.18. The topological polar surface area (TPSA) is 35.5 Å². The summed E-state index contributed by atoms with van der Waals surface area (Å²) in [6, 6.07) is 11.3. The van der Waals surface area contributed by atoms with E-state index in [0.717, 1.165) is 16.5 Å². The molecule has 0 unspecified atom stereocenters. The van der Waals surface area contributed by atoms with E-state index < -0.39 is 0 Å². The molecular weight excluding hydrogens is 252 g/mol. The van der Waals surface area contributed by atoms with Gasteiger partial charge in [-0.05, 0) is 12.1 Å². The number of ether oxygens (including phenoxy) is 2. The summed E-state index contributed by atoms with van der Waals surface area (Å²) in [5.74, 6) is 0.437. The first-order valence-corrected chi connectivity index (χ1v) is 5.97. The van der Waals surface area contributed by atoms with Crippen LogP contribution in [-0.4, -0.2) is 19.7 Å². The Labute approximate surface area is 110 Å². The summed E-state index contributed by atoms with van der Waals surface area (Å²) < 4.78 is 10.1. The largest absolute Gasteiger partial charge is 0.492 e. The molecule has 2 aromatic rings. The SMILES string of the molecule is COC(=O)CCOc1ccc(Cl)c2ccccc12. The van der Waals surface area contributed by atoms with Crippen molar-refractivity contribution >= 4 is 28.3 Å². The first-order valence-electron chi connectivity index (χ1n) is 5.59. The van der Waals surface area contributed by atoms with E-state index in [0.29, 0.717) is 5.02 Å². The average molecular weight is 265 g/mol. The summed E-state index contributed by atoms with van der Waals surface area (Å²) in [5.41, 5.74) is 0. The average Bonchev–Trinajstić information content (AvgIpc) is 2.41. The van der Waals surface area contributed by atoms with Crippen LogP contribution in [0.2, 0.25) is 5.02 Å². The van der Waals surface area contributed by atoms with E-state index in [4.69, 9.17) is 16.3 Å². The molecule has 0 atom stereocenters. The van der Waals surface area contributed by atoms with Crippen molar-refractivity contribution < 1.29 is 14.3 Å². The Bertz CT molecular complexity index is 566. The Morgan fingerprint density at radius 1 is 1.17 bits per heavy atom. The minimum atomic E-state index is -0.284. The fourth-order valence-corrected chi connectivity index (χ4v) is 1.93. The maximum Gasteiger partial charge on any atom is 0.308 e. The smallest absolute Gasteiger partial charge is 0.308 e. The molecule has 2 rings (SSSR count). The van der Waals surface area contributed by atoms with E-state index in [2.05, 4.69) is 4.74 Å². The van der Waals surface area contributed by atoms with Gasteiger partial charge in [-0.3, -0.25) is 4.79 Å². The minimum absolute atomic E-state index is 0.230. The van der Waals surface area contributed by atoms with Crippen molar-refractivity contribution in [3.8, 4) is 5.75 Å². The van der Waals surface area contributed by atoms with Crippen molar-refractivity contribution in [1.29, 1.82) is 0 Å². The lowest BCUT2D eigenvalue weighted by atomic mass is 10.1. The van der Waals surface area contributed by atoms with Gasteiger partial charge in [0, 0.05) is 15.8 Å². The van der Waals surface area contributed by atoms with Crippen molar-refractivity contribution in [2.45, 2.75) is 6.42 Å². The lowest BCUT2D eigenvalue weighted by molar-refractivity contribution is -0.141. The van der Waals surface area contributed by atoms with Crippen molar-refractivity contribution in [1.82, 2.24) is 0 Å². The van der Waals surface area contributed by atoms with Crippen LogP contribution in [0.3, 0.4) is 0 Å². The first-order chi connectivity index (χ1) is 8.72. The van der Waals surface area contributed by atoms with Crippen LogP contribution >= 0.6 is 11.6 Å². The summed E-state index contributed by atoms with van der Waals surface area (Å²) in [6.07, 6.45) is 0.230. The minimum Gasteiger partial charge on any atom is -0.492 e. The maximum atomic E-state index is 11.0. The molecule has 0 N–H and O–H groups in total. The van der Waals surface area contributed by atoms with Crippen LogP contribution in [0.15, 0.2) is 36.4 Å². The number of hydrogen-bond acceptors (Lipinski definition) is 3. The standard InChI is InChI=1S/C14H13ClO3/c1-17-14(16)8-9-18-13-7-6-12(15)10-4-2-3-5-11(10)13/h2-7H,8-9H2,1H3. The normalized spacial score (nSPS) is 10.3. The Kier molecular flexibility index (Phi) is 4.05. The Morgan fingerprint density at radius 2 is 1.89 bits per heavy atom. The fraction of sp³-hybridized carbons (Fsp3) is 0.214. The highest BCUT2D eigenvalue weighted by atomic mass is 35.5. The van der Waals surface area contributed by atoms with Gasteiger partial charge in [0.1, 0.15) is 5.75 Å². The monoisotopic (exact) mass is 264 g/mol. The quantitative estimate of drug-likeness (QED) is 0.794. The number of benzene rings is 2. The number of fused-ring (bicyclic) bond motifs is 1. The van der Waals surface area contributed by atoms with Gasteiger partial charge < -0.3 is 9.47 Å². The third-order valence-corrected chi connectivity index (χ3v) is 2.95. The van der Waals surface area contributed by atoms with Crippen molar-refractivity contribution in [3.63, 3.8) is 0 Å². The molecule has 0 radical (unpaired) electrons. The molecule has 18 heavy (non-hydrogen) atoms. The number of esters is 1. The molecule has 0 spiro atoms. The van der Waals surface area contributed by atoms with Crippen LogP contribution in [0.25, 0.3) is 10.8 Å². The van der Waals surface area contributed by atoms with Gasteiger partial charge in [0.2, 0.25) is 0 Å². The number of rotatable bonds is 4. The van der Waals surface area contributed by atoms with Crippen molar-refractivity contribution in [3.05, 3.63) is 41.4 Å². The second kappa shape index (κ2) is 5.74. The van der Waals surface area contributed by atoms with Crippen LogP contribution in [0.4, 0.5) is 0 Å². The Morgan fingerprint density at radius 3 is 2.61 bits per heavy atom. The fourth-order valence-electron chi connectivity index (χ4n) is 1.71. The molecule has 4 heteroatoms. The molecule has 0 bridgehead atoms. The third kappa shape index (κ3) is 2.74. The predicted molar refractivity (Wildman–Crippen MR) is 71.1 cm³/mol. The van der Waals surface area contributed by atoms with Gasteiger partial charge in [0.05, 0.1) is 20.1 Å². The molecule has 94 valence electrons. The number of methoxy groups -OCH3 is 1. The van der Waals surface area contributed by atoms with Gasteiger partial charge in [-0.25, -0.2) is 0 Å². The van der Waals surface area contributed by atoms with Gasteiger partial charge >= 0.3 is 5.97 Å². The molecule has 3 nitrogen and oxygen atoms in total.